The van der Waals surface area contributed by atoms with E-state index < -0.39 is 27.7 Å². The van der Waals surface area contributed by atoms with E-state index in [2.05, 4.69) is 0 Å². The van der Waals surface area contributed by atoms with Crippen LogP contribution in [0.15, 0.2) is 0 Å². The van der Waals surface area contributed by atoms with Gasteiger partial charge in [-0.25, -0.2) is 8.42 Å². The number of hydrogen-bond donors (Lipinski definition) is 2. The first-order chi connectivity index (χ1) is 8.67. The lowest BCUT2D eigenvalue weighted by atomic mass is 10.2. The van der Waals surface area contributed by atoms with Gasteiger partial charge in [-0.15, -0.1) is 0 Å². The predicted molar refractivity (Wildman–Crippen MR) is 73.0 cm³/mol. The first-order valence-corrected chi connectivity index (χ1v) is 8.23. The SMILES string of the molecule is CCCCN(CC(N)=O)C(=O)C(N)CCS(C)(=O)=O. The average molecular weight is 293 g/mol. The van der Waals surface area contributed by atoms with E-state index >= 15 is 0 Å². The summed E-state index contributed by atoms with van der Waals surface area (Å²) in [7, 11) is -3.16. The zero-order valence-electron chi connectivity index (χ0n) is 11.5. The van der Waals surface area contributed by atoms with Gasteiger partial charge in [0.25, 0.3) is 0 Å². The van der Waals surface area contributed by atoms with Gasteiger partial charge in [0.15, 0.2) is 0 Å². The molecule has 0 aromatic rings. The van der Waals surface area contributed by atoms with Crippen molar-refractivity contribution < 1.29 is 18.0 Å². The molecule has 0 aromatic heterocycles. The molecule has 19 heavy (non-hydrogen) atoms. The molecule has 1 atom stereocenters. The van der Waals surface area contributed by atoms with Crippen LogP contribution in [-0.2, 0) is 19.4 Å². The Hall–Kier alpha value is -1.15. The van der Waals surface area contributed by atoms with Crippen molar-refractivity contribution in [3.05, 3.63) is 0 Å². The molecule has 1 unspecified atom stereocenters. The van der Waals surface area contributed by atoms with Crippen LogP contribution in [0.1, 0.15) is 26.2 Å². The number of carbonyl (C=O) groups excluding carboxylic acids is 2. The van der Waals surface area contributed by atoms with E-state index in [0.717, 1.165) is 19.1 Å². The van der Waals surface area contributed by atoms with Crippen molar-refractivity contribution >= 4 is 21.7 Å². The van der Waals surface area contributed by atoms with Crippen LogP contribution in [-0.4, -0.2) is 56.3 Å². The Morgan fingerprint density at radius 1 is 1.32 bits per heavy atom. The van der Waals surface area contributed by atoms with Gasteiger partial charge < -0.3 is 16.4 Å². The van der Waals surface area contributed by atoms with Gasteiger partial charge in [0, 0.05) is 12.8 Å². The Balaban J connectivity index is 4.54. The summed E-state index contributed by atoms with van der Waals surface area (Å²) in [6.45, 7) is 2.16. The zero-order chi connectivity index (χ0) is 15.1. The lowest BCUT2D eigenvalue weighted by Gasteiger charge is -2.24. The maximum atomic E-state index is 12.0. The summed E-state index contributed by atoms with van der Waals surface area (Å²) in [6.07, 6.45) is 2.72. The smallest absolute Gasteiger partial charge is 0.239 e. The molecule has 0 aliphatic rings. The van der Waals surface area contributed by atoms with Crippen molar-refractivity contribution in [3.8, 4) is 0 Å². The van der Waals surface area contributed by atoms with E-state index in [1.165, 1.54) is 4.90 Å². The summed E-state index contributed by atoms with van der Waals surface area (Å²) >= 11 is 0. The number of rotatable bonds is 9. The summed E-state index contributed by atoms with van der Waals surface area (Å²) in [5.41, 5.74) is 10.7. The summed E-state index contributed by atoms with van der Waals surface area (Å²) in [4.78, 5) is 24.2. The number of unbranched alkanes of at least 4 members (excludes halogenated alkanes) is 1. The van der Waals surface area contributed by atoms with Crippen molar-refractivity contribution in [1.29, 1.82) is 0 Å². The molecule has 0 saturated carbocycles. The van der Waals surface area contributed by atoms with Crippen LogP contribution >= 0.6 is 0 Å². The quantitative estimate of drug-likeness (QED) is 0.556. The van der Waals surface area contributed by atoms with Crippen LogP contribution in [0.3, 0.4) is 0 Å². The third-order valence-electron chi connectivity index (χ3n) is 2.56. The van der Waals surface area contributed by atoms with Gasteiger partial charge in [-0.05, 0) is 12.8 Å². The molecule has 0 saturated heterocycles. The van der Waals surface area contributed by atoms with E-state index in [1.807, 2.05) is 6.92 Å². The summed E-state index contributed by atoms with van der Waals surface area (Å²) < 4.78 is 22.0. The Bertz CT molecular complexity index is 408. The first-order valence-electron chi connectivity index (χ1n) is 6.17. The minimum Gasteiger partial charge on any atom is -0.368 e. The molecule has 0 radical (unpaired) electrons. The van der Waals surface area contributed by atoms with Crippen LogP contribution in [0.4, 0.5) is 0 Å². The first kappa shape index (κ1) is 17.8. The van der Waals surface area contributed by atoms with Crippen LogP contribution < -0.4 is 11.5 Å². The number of amides is 2. The largest absolute Gasteiger partial charge is 0.368 e. The third-order valence-corrected chi connectivity index (χ3v) is 3.53. The molecule has 0 heterocycles. The maximum Gasteiger partial charge on any atom is 0.239 e. The van der Waals surface area contributed by atoms with Crippen LogP contribution in [0.25, 0.3) is 0 Å². The molecule has 0 aliphatic heterocycles. The van der Waals surface area contributed by atoms with Gasteiger partial charge in [0.05, 0.1) is 18.3 Å². The van der Waals surface area contributed by atoms with Gasteiger partial charge in [0.1, 0.15) is 9.84 Å². The monoisotopic (exact) mass is 293 g/mol. The Kier molecular flexibility index (Phi) is 7.62. The lowest BCUT2D eigenvalue weighted by molar-refractivity contribution is -0.136. The Morgan fingerprint density at radius 2 is 1.89 bits per heavy atom. The van der Waals surface area contributed by atoms with Crippen molar-refractivity contribution in [2.24, 2.45) is 11.5 Å². The average Bonchev–Trinajstić information content (AvgIpc) is 2.29. The fourth-order valence-electron chi connectivity index (χ4n) is 1.50. The number of primary amides is 1. The number of nitrogens with two attached hydrogens (primary N) is 2. The molecular formula is C11H23N3O4S. The highest BCUT2D eigenvalue weighted by atomic mass is 32.2. The molecule has 7 nitrogen and oxygen atoms in total. The fraction of sp³-hybridized carbons (Fsp3) is 0.818. The van der Waals surface area contributed by atoms with Crippen molar-refractivity contribution in [2.45, 2.75) is 32.2 Å². The van der Waals surface area contributed by atoms with E-state index in [1.54, 1.807) is 0 Å². The van der Waals surface area contributed by atoms with Gasteiger partial charge in [0.2, 0.25) is 11.8 Å². The molecular weight excluding hydrogens is 270 g/mol. The van der Waals surface area contributed by atoms with E-state index in [-0.39, 0.29) is 18.7 Å². The molecule has 8 heteroatoms. The van der Waals surface area contributed by atoms with Crippen LogP contribution in [0.5, 0.6) is 0 Å². The second kappa shape index (κ2) is 8.11. The van der Waals surface area contributed by atoms with Crippen molar-refractivity contribution in [3.63, 3.8) is 0 Å². The number of sulfone groups is 1. The second-order valence-corrected chi connectivity index (χ2v) is 6.86. The van der Waals surface area contributed by atoms with Gasteiger partial charge in [-0.3, -0.25) is 9.59 Å². The Morgan fingerprint density at radius 3 is 2.32 bits per heavy atom. The highest BCUT2D eigenvalue weighted by Crippen LogP contribution is 2.02. The fourth-order valence-corrected chi connectivity index (χ4v) is 2.19. The van der Waals surface area contributed by atoms with Gasteiger partial charge in [-0.2, -0.15) is 0 Å². The molecule has 0 fully saturated rings. The summed E-state index contributed by atoms with van der Waals surface area (Å²) in [5, 5.41) is 0. The number of nitrogens with zero attached hydrogens (tertiary/aromatic N) is 1. The highest BCUT2D eigenvalue weighted by molar-refractivity contribution is 7.90. The van der Waals surface area contributed by atoms with E-state index in [4.69, 9.17) is 11.5 Å². The Labute approximate surface area is 114 Å². The highest BCUT2D eigenvalue weighted by Gasteiger charge is 2.22. The minimum atomic E-state index is -3.16. The van der Waals surface area contributed by atoms with Crippen LogP contribution in [0, 0.1) is 0 Å². The van der Waals surface area contributed by atoms with Crippen molar-refractivity contribution in [2.75, 3.05) is 25.1 Å². The zero-order valence-corrected chi connectivity index (χ0v) is 12.3. The molecule has 0 aromatic carbocycles. The topological polar surface area (TPSA) is 124 Å². The van der Waals surface area contributed by atoms with Gasteiger partial charge >= 0.3 is 0 Å². The van der Waals surface area contributed by atoms with E-state index in [9.17, 15) is 18.0 Å². The van der Waals surface area contributed by atoms with E-state index in [0.29, 0.717) is 6.54 Å². The standard InChI is InChI=1S/C11H23N3O4S/c1-3-4-6-14(8-10(13)15)11(16)9(12)5-7-19(2,17)18/h9H,3-8,12H2,1-2H3,(H2,13,15). The van der Waals surface area contributed by atoms with Gasteiger partial charge in [-0.1, -0.05) is 13.3 Å². The molecule has 0 aliphatic carbocycles. The second-order valence-electron chi connectivity index (χ2n) is 4.60. The molecule has 0 rings (SSSR count). The summed E-state index contributed by atoms with van der Waals surface area (Å²) in [6, 6.07) is -0.925. The number of hydrogen-bond acceptors (Lipinski definition) is 5. The molecule has 0 spiro atoms. The predicted octanol–water partition coefficient (Wildman–Crippen LogP) is -1.14. The molecule has 2 amide bonds. The third kappa shape index (κ3) is 8.55. The minimum absolute atomic E-state index is 0.0407. The van der Waals surface area contributed by atoms with Crippen molar-refractivity contribution in [1.82, 2.24) is 4.90 Å². The normalized spacial score (nSPS) is 13.0. The lowest BCUT2D eigenvalue weighted by Crippen LogP contribution is -2.48. The van der Waals surface area contributed by atoms with Crippen LogP contribution in [0.2, 0.25) is 0 Å². The maximum absolute atomic E-state index is 12.0. The molecule has 4 N–H and O–H groups in total. The molecule has 0 bridgehead atoms. The number of carbonyl (C=O) groups is 2. The summed E-state index contributed by atoms with van der Waals surface area (Å²) in [5.74, 6) is -1.20. The molecule has 112 valence electrons.